The molecule has 0 saturated heterocycles. The highest BCUT2D eigenvalue weighted by molar-refractivity contribution is 7.26. The van der Waals surface area contributed by atoms with E-state index in [1.54, 1.807) is 22.7 Å². The lowest BCUT2D eigenvalue weighted by molar-refractivity contribution is 1.08. The third-order valence-electron chi connectivity index (χ3n) is 9.78. The van der Waals surface area contributed by atoms with Crippen molar-refractivity contribution in [2.45, 2.75) is 0 Å². The minimum atomic E-state index is 0.655. The van der Waals surface area contributed by atoms with E-state index in [1.807, 2.05) is 35.6 Å². The summed E-state index contributed by atoms with van der Waals surface area (Å²) >= 11 is 5.34. The first kappa shape index (κ1) is 30.5. The quantitative estimate of drug-likeness (QED) is 0.177. The van der Waals surface area contributed by atoms with E-state index in [0.29, 0.717) is 17.5 Å². The maximum Gasteiger partial charge on any atom is 0.164 e. The van der Waals surface area contributed by atoms with Gasteiger partial charge in [-0.15, -0.1) is 34.0 Å². The maximum absolute atomic E-state index is 5.25. The smallest absolute Gasteiger partial charge is 0.164 e. The highest BCUT2D eigenvalue weighted by Crippen LogP contribution is 2.45. The average Bonchev–Trinajstić information content (AvgIpc) is 3.94. The van der Waals surface area contributed by atoms with Crippen molar-refractivity contribution >= 4 is 84.6 Å². The van der Waals surface area contributed by atoms with Crippen molar-refractivity contribution in [1.29, 1.82) is 0 Å². The minimum Gasteiger partial charge on any atom is -0.236 e. The Morgan fingerprint density at radius 3 is 1.77 bits per heavy atom. The van der Waals surface area contributed by atoms with Gasteiger partial charge in [0.1, 0.15) is 5.01 Å². The van der Waals surface area contributed by atoms with Gasteiger partial charge in [-0.05, 0) is 53.6 Å². The number of nitrogens with zero attached hydrogens (tertiary/aromatic N) is 4. The molecule has 0 radical (unpaired) electrons. The summed E-state index contributed by atoms with van der Waals surface area (Å²) in [6.45, 7) is 0. The van der Waals surface area contributed by atoms with E-state index < -0.39 is 0 Å². The summed E-state index contributed by atoms with van der Waals surface area (Å²) in [6.07, 6.45) is 0. The number of hydrogen-bond donors (Lipinski definition) is 0. The van der Waals surface area contributed by atoms with Crippen LogP contribution < -0.4 is 0 Å². The van der Waals surface area contributed by atoms with Crippen LogP contribution in [0, 0.1) is 0 Å². The summed E-state index contributed by atoms with van der Waals surface area (Å²) < 4.78 is 6.11. The molecule has 0 spiro atoms. The van der Waals surface area contributed by atoms with Gasteiger partial charge in [-0.25, -0.2) is 19.9 Å². The highest BCUT2D eigenvalue weighted by atomic mass is 32.1. The standard InChI is InChI=1S/C46H26N4S3/c1-2-11-27(12-3-1)43-48-44(29-23-24-33-32-15-4-6-19-36(32)51-40(33)26-29)50-45(49-43)34-17-10-22-39-42(34)41-31(16-9-21-38(41)52-39)28-13-8-14-30(25-28)46-47-35-18-5-7-20-37(35)53-46/h1-26H. The number of benzene rings is 7. The molecule has 4 nitrogen and oxygen atoms in total. The Balaban J connectivity index is 1.11. The van der Waals surface area contributed by atoms with Crippen LogP contribution in [-0.2, 0) is 0 Å². The van der Waals surface area contributed by atoms with Gasteiger partial charge in [0.15, 0.2) is 17.5 Å². The molecular weight excluding hydrogens is 705 g/mol. The fraction of sp³-hybridized carbons (Fsp3) is 0. The van der Waals surface area contributed by atoms with E-state index in [9.17, 15) is 0 Å². The molecule has 0 N–H and O–H groups in total. The van der Waals surface area contributed by atoms with Gasteiger partial charge in [-0.3, -0.25) is 0 Å². The van der Waals surface area contributed by atoms with Crippen molar-refractivity contribution in [2.24, 2.45) is 0 Å². The first-order valence-corrected chi connectivity index (χ1v) is 19.8. The van der Waals surface area contributed by atoms with Gasteiger partial charge in [-0.1, -0.05) is 115 Å². The van der Waals surface area contributed by atoms with Crippen LogP contribution in [0.5, 0.6) is 0 Å². The predicted octanol–water partition coefficient (Wildman–Crippen LogP) is 13.6. The summed E-state index contributed by atoms with van der Waals surface area (Å²) in [7, 11) is 0. The summed E-state index contributed by atoms with van der Waals surface area (Å²) in [5.41, 5.74) is 7.40. The zero-order chi connectivity index (χ0) is 34.9. The molecule has 0 amide bonds. The van der Waals surface area contributed by atoms with Gasteiger partial charge in [0.05, 0.1) is 10.2 Å². The van der Waals surface area contributed by atoms with Crippen LogP contribution in [0.25, 0.3) is 106 Å². The summed E-state index contributed by atoms with van der Waals surface area (Å²) in [5.74, 6) is 1.98. The largest absolute Gasteiger partial charge is 0.236 e. The van der Waals surface area contributed by atoms with Crippen molar-refractivity contribution in [3.63, 3.8) is 0 Å². The van der Waals surface area contributed by atoms with Gasteiger partial charge in [0, 0.05) is 62.6 Å². The van der Waals surface area contributed by atoms with Crippen LogP contribution in [0.15, 0.2) is 158 Å². The first-order valence-electron chi connectivity index (χ1n) is 17.4. The van der Waals surface area contributed by atoms with Crippen LogP contribution in [-0.4, -0.2) is 19.9 Å². The lowest BCUT2D eigenvalue weighted by Gasteiger charge is -2.11. The molecule has 0 bridgehead atoms. The molecule has 4 heterocycles. The van der Waals surface area contributed by atoms with Crippen LogP contribution in [0.3, 0.4) is 0 Å². The van der Waals surface area contributed by atoms with Crippen molar-refractivity contribution in [1.82, 2.24) is 19.9 Å². The van der Waals surface area contributed by atoms with E-state index in [1.165, 1.54) is 45.2 Å². The van der Waals surface area contributed by atoms with Crippen molar-refractivity contribution in [3.8, 4) is 55.9 Å². The zero-order valence-electron chi connectivity index (χ0n) is 28.0. The molecule has 0 atom stereocenters. The fourth-order valence-corrected chi connectivity index (χ4v) is 10.6. The number of para-hydroxylation sites is 1. The Hall–Kier alpha value is -6.12. The third-order valence-corrected chi connectivity index (χ3v) is 13.1. The SMILES string of the molecule is c1ccc(-c2nc(-c3ccc4c(c3)sc3ccccc34)nc(-c3cccc4sc5cccc(-c6cccc(-c7nc8ccccc8s7)c6)c5c34)n2)cc1. The third kappa shape index (κ3) is 5.16. The molecular formula is C46H26N4S3. The molecule has 53 heavy (non-hydrogen) atoms. The van der Waals surface area contributed by atoms with Gasteiger partial charge in [0.25, 0.3) is 0 Å². The first-order chi connectivity index (χ1) is 26.2. The monoisotopic (exact) mass is 730 g/mol. The van der Waals surface area contributed by atoms with Crippen LogP contribution in [0.4, 0.5) is 0 Å². The number of thiazole rings is 1. The maximum atomic E-state index is 5.25. The summed E-state index contributed by atoms with van der Waals surface area (Å²) in [6, 6.07) is 55.6. The lowest BCUT2D eigenvalue weighted by Crippen LogP contribution is -2.00. The Morgan fingerprint density at radius 1 is 0.321 bits per heavy atom. The molecule has 248 valence electrons. The molecule has 0 aliphatic rings. The van der Waals surface area contributed by atoms with Gasteiger partial charge in [0.2, 0.25) is 0 Å². The molecule has 11 rings (SSSR count). The highest BCUT2D eigenvalue weighted by Gasteiger charge is 2.20. The second-order valence-corrected chi connectivity index (χ2v) is 16.2. The topological polar surface area (TPSA) is 51.6 Å². The van der Waals surface area contributed by atoms with E-state index in [0.717, 1.165) is 43.7 Å². The van der Waals surface area contributed by atoms with E-state index in [2.05, 4.69) is 133 Å². The van der Waals surface area contributed by atoms with Crippen LogP contribution in [0.2, 0.25) is 0 Å². The summed E-state index contributed by atoms with van der Waals surface area (Å²) in [4.78, 5) is 20.5. The van der Waals surface area contributed by atoms with Crippen LogP contribution >= 0.6 is 34.0 Å². The van der Waals surface area contributed by atoms with Gasteiger partial charge >= 0.3 is 0 Å². The number of aromatic nitrogens is 4. The lowest BCUT2D eigenvalue weighted by atomic mass is 9.96. The number of rotatable bonds is 5. The molecule has 11 aromatic rings. The second-order valence-electron chi connectivity index (χ2n) is 13.0. The van der Waals surface area contributed by atoms with Crippen molar-refractivity contribution in [3.05, 3.63) is 158 Å². The normalized spacial score (nSPS) is 11.8. The average molecular weight is 731 g/mol. The molecule has 7 heteroatoms. The zero-order valence-corrected chi connectivity index (χ0v) is 30.5. The predicted molar refractivity (Wildman–Crippen MR) is 226 cm³/mol. The van der Waals surface area contributed by atoms with Crippen LogP contribution in [0.1, 0.15) is 0 Å². The summed E-state index contributed by atoms with van der Waals surface area (Å²) in [5, 5.41) is 5.92. The molecule has 4 aromatic heterocycles. The Morgan fingerprint density at radius 2 is 0.925 bits per heavy atom. The second kappa shape index (κ2) is 12.2. The fourth-order valence-electron chi connectivity index (χ4n) is 7.32. The molecule has 0 aliphatic heterocycles. The van der Waals surface area contributed by atoms with E-state index >= 15 is 0 Å². The Kier molecular flexibility index (Phi) is 7.05. The number of thiophene rings is 2. The minimum absolute atomic E-state index is 0.655. The molecule has 0 fully saturated rings. The number of hydrogen-bond acceptors (Lipinski definition) is 7. The molecule has 0 saturated carbocycles. The molecule has 0 aliphatic carbocycles. The number of fused-ring (bicyclic) bond motifs is 7. The molecule has 7 aromatic carbocycles. The van der Waals surface area contributed by atoms with Crippen molar-refractivity contribution in [2.75, 3.05) is 0 Å². The Labute approximate surface area is 316 Å². The van der Waals surface area contributed by atoms with Gasteiger partial charge < -0.3 is 0 Å². The Bertz CT molecular complexity index is 3160. The van der Waals surface area contributed by atoms with E-state index in [-0.39, 0.29) is 0 Å². The van der Waals surface area contributed by atoms with Gasteiger partial charge in [-0.2, -0.15) is 0 Å². The van der Waals surface area contributed by atoms with Crippen molar-refractivity contribution < 1.29 is 0 Å². The van der Waals surface area contributed by atoms with E-state index in [4.69, 9.17) is 19.9 Å². The molecule has 0 unspecified atom stereocenters.